The zero-order chi connectivity index (χ0) is 22.3. The Morgan fingerprint density at radius 1 is 1.07 bits per heavy atom. The lowest BCUT2D eigenvalue weighted by Crippen LogP contribution is -2.37. The number of aliphatic imine (C=N–C) groups is 1. The first-order valence-corrected chi connectivity index (χ1v) is 9.73. The van der Waals surface area contributed by atoms with Crippen molar-refractivity contribution in [3.63, 3.8) is 0 Å². The summed E-state index contributed by atoms with van der Waals surface area (Å²) < 4.78 is 21.0. The van der Waals surface area contributed by atoms with Crippen LogP contribution in [0.2, 0.25) is 0 Å². The second-order valence-corrected chi connectivity index (χ2v) is 6.60. The SMILES string of the molecule is CCOC(=O)C1=C(COC(C)=O)N=C(C)C(C(=O)OCC)C1c1cccc(OC)c1. The molecule has 1 aromatic carbocycles. The molecule has 162 valence electrons. The van der Waals surface area contributed by atoms with Crippen LogP contribution in [0, 0.1) is 5.92 Å². The Hall–Kier alpha value is -3.16. The van der Waals surface area contributed by atoms with Crippen LogP contribution in [0.4, 0.5) is 0 Å². The summed E-state index contributed by atoms with van der Waals surface area (Å²) in [6.07, 6.45) is 0. The molecule has 0 bridgehead atoms. The van der Waals surface area contributed by atoms with E-state index in [0.29, 0.717) is 17.0 Å². The zero-order valence-electron chi connectivity index (χ0n) is 17.9. The van der Waals surface area contributed by atoms with E-state index in [1.807, 2.05) is 0 Å². The van der Waals surface area contributed by atoms with Crippen molar-refractivity contribution in [2.75, 3.05) is 26.9 Å². The van der Waals surface area contributed by atoms with Gasteiger partial charge in [0.05, 0.1) is 31.6 Å². The summed E-state index contributed by atoms with van der Waals surface area (Å²) >= 11 is 0. The van der Waals surface area contributed by atoms with Crippen LogP contribution in [0.3, 0.4) is 0 Å². The molecular weight excluding hydrogens is 390 g/mol. The minimum absolute atomic E-state index is 0.140. The molecule has 0 N–H and O–H groups in total. The van der Waals surface area contributed by atoms with Crippen molar-refractivity contribution >= 4 is 23.6 Å². The van der Waals surface area contributed by atoms with Gasteiger partial charge in [0.15, 0.2) is 0 Å². The van der Waals surface area contributed by atoms with Crippen molar-refractivity contribution in [2.24, 2.45) is 10.9 Å². The zero-order valence-corrected chi connectivity index (χ0v) is 17.9. The maximum atomic E-state index is 13.0. The first kappa shape index (κ1) is 23.1. The van der Waals surface area contributed by atoms with Crippen molar-refractivity contribution in [1.29, 1.82) is 0 Å². The van der Waals surface area contributed by atoms with Gasteiger partial charge in [-0.15, -0.1) is 0 Å². The quantitative estimate of drug-likeness (QED) is 0.473. The van der Waals surface area contributed by atoms with E-state index in [4.69, 9.17) is 18.9 Å². The molecule has 0 aromatic heterocycles. The van der Waals surface area contributed by atoms with Crippen LogP contribution in [0.15, 0.2) is 40.5 Å². The van der Waals surface area contributed by atoms with Crippen LogP contribution in [-0.2, 0) is 28.6 Å². The molecule has 1 aromatic rings. The molecule has 8 heteroatoms. The van der Waals surface area contributed by atoms with Gasteiger partial charge in [-0.3, -0.25) is 14.6 Å². The summed E-state index contributed by atoms with van der Waals surface area (Å²) in [4.78, 5) is 41.6. The number of hydrogen-bond donors (Lipinski definition) is 0. The average molecular weight is 417 g/mol. The summed E-state index contributed by atoms with van der Waals surface area (Å²) in [5.41, 5.74) is 1.52. The van der Waals surface area contributed by atoms with Gasteiger partial charge in [0.1, 0.15) is 18.3 Å². The van der Waals surface area contributed by atoms with E-state index >= 15 is 0 Å². The molecule has 0 saturated heterocycles. The lowest BCUT2D eigenvalue weighted by Gasteiger charge is -2.32. The summed E-state index contributed by atoms with van der Waals surface area (Å²) in [5.74, 6) is -2.64. The van der Waals surface area contributed by atoms with Gasteiger partial charge in [0, 0.05) is 18.6 Å². The van der Waals surface area contributed by atoms with Gasteiger partial charge in [-0.05, 0) is 38.5 Å². The molecule has 2 atom stereocenters. The fourth-order valence-electron chi connectivity index (χ4n) is 3.40. The molecule has 0 fully saturated rings. The fraction of sp³-hybridized carbons (Fsp3) is 0.455. The Labute approximate surface area is 175 Å². The summed E-state index contributed by atoms with van der Waals surface area (Å²) in [6, 6.07) is 7.07. The lowest BCUT2D eigenvalue weighted by atomic mass is 9.75. The summed E-state index contributed by atoms with van der Waals surface area (Å²) in [5, 5.41) is 0. The largest absolute Gasteiger partial charge is 0.497 e. The third kappa shape index (κ3) is 5.25. The molecule has 0 saturated carbocycles. The van der Waals surface area contributed by atoms with Gasteiger partial charge in [-0.25, -0.2) is 4.79 Å². The highest BCUT2D eigenvalue weighted by molar-refractivity contribution is 6.07. The van der Waals surface area contributed by atoms with E-state index in [-0.39, 0.29) is 31.1 Å². The number of benzene rings is 1. The monoisotopic (exact) mass is 417 g/mol. The fourth-order valence-corrected chi connectivity index (χ4v) is 3.40. The van der Waals surface area contributed by atoms with Crippen LogP contribution in [-0.4, -0.2) is 50.6 Å². The number of methoxy groups -OCH3 is 1. The maximum absolute atomic E-state index is 13.0. The normalized spacial score (nSPS) is 18.4. The number of ether oxygens (including phenoxy) is 4. The highest BCUT2D eigenvalue weighted by Crippen LogP contribution is 2.41. The molecule has 1 aliphatic heterocycles. The second kappa shape index (κ2) is 10.6. The van der Waals surface area contributed by atoms with E-state index < -0.39 is 29.7 Å². The number of hydrogen-bond acceptors (Lipinski definition) is 8. The van der Waals surface area contributed by atoms with Crippen molar-refractivity contribution in [3.8, 4) is 5.75 Å². The van der Waals surface area contributed by atoms with Gasteiger partial charge in [0.2, 0.25) is 0 Å². The molecule has 0 aliphatic carbocycles. The minimum Gasteiger partial charge on any atom is -0.497 e. The minimum atomic E-state index is -0.836. The number of nitrogens with zero attached hydrogens (tertiary/aromatic N) is 1. The van der Waals surface area contributed by atoms with Crippen molar-refractivity contribution in [2.45, 2.75) is 33.6 Å². The molecule has 1 aliphatic rings. The highest BCUT2D eigenvalue weighted by atomic mass is 16.5. The molecule has 0 radical (unpaired) electrons. The van der Waals surface area contributed by atoms with Gasteiger partial charge in [-0.2, -0.15) is 0 Å². The van der Waals surface area contributed by atoms with Gasteiger partial charge in [0.25, 0.3) is 0 Å². The van der Waals surface area contributed by atoms with Gasteiger partial charge >= 0.3 is 17.9 Å². The standard InChI is InChI=1S/C22H27NO7/c1-6-28-21(25)18-13(3)23-17(12-30-14(4)24)20(22(26)29-7-2)19(18)15-9-8-10-16(11-15)27-5/h8-11,18-19H,6-7,12H2,1-5H3. The third-order valence-electron chi connectivity index (χ3n) is 4.62. The van der Waals surface area contributed by atoms with E-state index in [1.54, 1.807) is 45.0 Å². The number of carbonyl (C=O) groups excluding carboxylic acids is 3. The molecule has 0 amide bonds. The van der Waals surface area contributed by atoms with E-state index in [9.17, 15) is 14.4 Å². The molecule has 0 spiro atoms. The predicted octanol–water partition coefficient (Wildman–Crippen LogP) is 2.81. The van der Waals surface area contributed by atoms with Crippen molar-refractivity contribution in [3.05, 3.63) is 41.1 Å². The Bertz CT molecular complexity index is 872. The topological polar surface area (TPSA) is 100 Å². The Kier molecular flexibility index (Phi) is 8.15. The van der Waals surface area contributed by atoms with Gasteiger partial charge in [-0.1, -0.05) is 12.1 Å². The van der Waals surface area contributed by atoms with E-state index in [2.05, 4.69) is 4.99 Å². The van der Waals surface area contributed by atoms with E-state index in [0.717, 1.165) is 0 Å². The summed E-state index contributed by atoms with van der Waals surface area (Å²) in [7, 11) is 1.53. The molecule has 30 heavy (non-hydrogen) atoms. The van der Waals surface area contributed by atoms with E-state index in [1.165, 1.54) is 14.0 Å². The number of carbonyl (C=O) groups is 3. The second-order valence-electron chi connectivity index (χ2n) is 6.60. The van der Waals surface area contributed by atoms with Crippen LogP contribution in [0.25, 0.3) is 0 Å². The van der Waals surface area contributed by atoms with Crippen molar-refractivity contribution in [1.82, 2.24) is 0 Å². The Morgan fingerprint density at radius 2 is 1.77 bits per heavy atom. The van der Waals surface area contributed by atoms with Gasteiger partial charge < -0.3 is 18.9 Å². The molecule has 2 unspecified atom stereocenters. The Balaban J connectivity index is 2.70. The highest BCUT2D eigenvalue weighted by Gasteiger charge is 2.43. The molecular formula is C22H27NO7. The van der Waals surface area contributed by atoms with Crippen LogP contribution < -0.4 is 4.74 Å². The van der Waals surface area contributed by atoms with Crippen molar-refractivity contribution < 1.29 is 33.3 Å². The average Bonchev–Trinajstić information content (AvgIpc) is 2.71. The molecule has 8 nitrogen and oxygen atoms in total. The lowest BCUT2D eigenvalue weighted by molar-refractivity contribution is -0.146. The maximum Gasteiger partial charge on any atom is 0.336 e. The smallest absolute Gasteiger partial charge is 0.336 e. The first-order valence-electron chi connectivity index (χ1n) is 9.73. The van der Waals surface area contributed by atoms with Crippen LogP contribution in [0.1, 0.15) is 39.2 Å². The van der Waals surface area contributed by atoms with Crippen LogP contribution >= 0.6 is 0 Å². The Morgan fingerprint density at radius 3 is 2.37 bits per heavy atom. The molecule has 2 rings (SSSR count). The third-order valence-corrected chi connectivity index (χ3v) is 4.62. The number of esters is 3. The number of rotatable bonds is 8. The first-order chi connectivity index (χ1) is 14.3. The summed E-state index contributed by atoms with van der Waals surface area (Å²) in [6.45, 7) is 6.46. The van der Waals surface area contributed by atoms with Crippen LogP contribution in [0.5, 0.6) is 5.75 Å². The molecule has 1 heterocycles. The predicted molar refractivity (Wildman–Crippen MR) is 109 cm³/mol.